The number of aromatic nitrogens is 1. The quantitative estimate of drug-likeness (QED) is 0.500. The molecule has 0 atom stereocenters. The first kappa shape index (κ1) is 13.6. The van der Waals surface area contributed by atoms with Crippen LogP contribution in [0, 0.1) is 10.1 Å². The molecule has 2 rings (SSSR count). The summed E-state index contributed by atoms with van der Waals surface area (Å²) in [5, 5.41) is 13.9. The van der Waals surface area contributed by atoms with Crippen molar-refractivity contribution in [3.05, 3.63) is 44.8 Å². The minimum Gasteiger partial charge on any atom is -0.330 e. The van der Waals surface area contributed by atoms with E-state index in [1.54, 1.807) is 29.5 Å². The van der Waals surface area contributed by atoms with Crippen molar-refractivity contribution < 1.29 is 4.92 Å². The third-order valence-electron chi connectivity index (χ3n) is 2.77. The molecule has 0 aliphatic carbocycles. The zero-order valence-electron chi connectivity index (χ0n) is 10.4. The van der Waals surface area contributed by atoms with Crippen LogP contribution in [0.5, 0.6) is 0 Å². The molecule has 100 valence electrons. The van der Waals surface area contributed by atoms with E-state index in [-0.39, 0.29) is 10.6 Å². The second-order valence-corrected chi connectivity index (χ2v) is 5.09. The summed E-state index contributed by atoms with van der Waals surface area (Å²) in [6.45, 7) is 0.683. The van der Waals surface area contributed by atoms with Crippen molar-refractivity contribution in [1.29, 1.82) is 0 Å². The Morgan fingerprint density at radius 2 is 2.11 bits per heavy atom. The lowest BCUT2D eigenvalue weighted by Gasteiger charge is -1.98. The minimum atomic E-state index is -0.372. The van der Waals surface area contributed by atoms with Crippen molar-refractivity contribution in [2.45, 2.75) is 19.3 Å². The molecule has 0 aliphatic rings. The van der Waals surface area contributed by atoms with Gasteiger partial charge in [0.25, 0.3) is 5.69 Å². The first-order valence-corrected chi connectivity index (χ1v) is 6.98. The van der Waals surface area contributed by atoms with Crippen LogP contribution in [-0.2, 0) is 6.42 Å². The number of para-hydroxylation sites is 1. The number of rotatable bonds is 6. The molecule has 1 heterocycles. The predicted octanol–water partition coefficient (Wildman–Crippen LogP) is 3.00. The summed E-state index contributed by atoms with van der Waals surface area (Å²) in [6, 6.07) is 6.69. The SMILES string of the molecule is NCCCCc1nc(-c2ccccc2[N+](=O)[O-])cs1. The van der Waals surface area contributed by atoms with Gasteiger partial charge in [-0.2, -0.15) is 0 Å². The van der Waals surface area contributed by atoms with Crippen molar-refractivity contribution in [2.75, 3.05) is 6.54 Å². The molecule has 0 amide bonds. The average Bonchev–Trinajstić information content (AvgIpc) is 2.88. The van der Waals surface area contributed by atoms with Crippen LogP contribution in [0.4, 0.5) is 5.69 Å². The molecule has 5 nitrogen and oxygen atoms in total. The molecular weight excluding hydrogens is 262 g/mol. The van der Waals surface area contributed by atoms with Crippen LogP contribution in [0.25, 0.3) is 11.3 Å². The van der Waals surface area contributed by atoms with Crippen LogP contribution in [-0.4, -0.2) is 16.5 Å². The third-order valence-corrected chi connectivity index (χ3v) is 3.68. The number of nitro groups is 1. The molecule has 1 aromatic heterocycles. The Kier molecular flexibility index (Phi) is 4.59. The highest BCUT2D eigenvalue weighted by Crippen LogP contribution is 2.30. The van der Waals surface area contributed by atoms with Crippen molar-refractivity contribution in [3.63, 3.8) is 0 Å². The van der Waals surface area contributed by atoms with Gasteiger partial charge < -0.3 is 5.73 Å². The molecule has 0 radical (unpaired) electrons. The van der Waals surface area contributed by atoms with Gasteiger partial charge in [-0.3, -0.25) is 10.1 Å². The Bertz CT molecular complexity index is 569. The third kappa shape index (κ3) is 3.36. The van der Waals surface area contributed by atoms with Gasteiger partial charge >= 0.3 is 0 Å². The molecule has 2 aromatic rings. The predicted molar refractivity (Wildman–Crippen MR) is 76.2 cm³/mol. The zero-order valence-corrected chi connectivity index (χ0v) is 11.2. The number of thiazole rings is 1. The molecule has 1 aromatic carbocycles. The molecule has 0 spiro atoms. The van der Waals surface area contributed by atoms with Crippen molar-refractivity contribution in [3.8, 4) is 11.3 Å². The van der Waals surface area contributed by atoms with Crippen molar-refractivity contribution in [2.24, 2.45) is 5.73 Å². The van der Waals surface area contributed by atoms with Crippen LogP contribution in [0.3, 0.4) is 0 Å². The largest absolute Gasteiger partial charge is 0.330 e. The highest BCUT2D eigenvalue weighted by atomic mass is 32.1. The smallest absolute Gasteiger partial charge is 0.278 e. The van der Waals surface area contributed by atoms with E-state index in [0.29, 0.717) is 17.8 Å². The average molecular weight is 277 g/mol. The molecule has 0 saturated carbocycles. The molecule has 0 fully saturated rings. The van der Waals surface area contributed by atoms with Crippen LogP contribution >= 0.6 is 11.3 Å². The monoisotopic (exact) mass is 277 g/mol. The number of unbranched alkanes of at least 4 members (excludes halogenated alkanes) is 1. The van der Waals surface area contributed by atoms with Gasteiger partial charge in [-0.1, -0.05) is 12.1 Å². The van der Waals surface area contributed by atoms with Gasteiger partial charge in [-0.15, -0.1) is 11.3 Å². The second kappa shape index (κ2) is 6.40. The number of aryl methyl sites for hydroxylation is 1. The molecule has 0 unspecified atom stereocenters. The maximum absolute atomic E-state index is 11.0. The van der Waals surface area contributed by atoms with Crippen LogP contribution in [0.2, 0.25) is 0 Å². The number of hydrogen-bond donors (Lipinski definition) is 1. The number of hydrogen-bond acceptors (Lipinski definition) is 5. The van der Waals surface area contributed by atoms with Crippen LogP contribution < -0.4 is 5.73 Å². The zero-order chi connectivity index (χ0) is 13.7. The summed E-state index contributed by atoms with van der Waals surface area (Å²) in [5.74, 6) is 0. The lowest BCUT2D eigenvalue weighted by molar-refractivity contribution is -0.384. The standard InChI is InChI=1S/C13H15N3O2S/c14-8-4-3-7-13-15-11(9-19-13)10-5-1-2-6-12(10)16(17)18/h1-2,5-6,9H,3-4,7-8,14H2. The summed E-state index contributed by atoms with van der Waals surface area (Å²) >= 11 is 1.54. The molecule has 0 bridgehead atoms. The van der Waals surface area contributed by atoms with E-state index < -0.39 is 0 Å². The van der Waals surface area contributed by atoms with E-state index in [0.717, 1.165) is 24.3 Å². The maximum atomic E-state index is 11.0. The first-order valence-electron chi connectivity index (χ1n) is 6.10. The number of benzene rings is 1. The van der Waals surface area contributed by atoms with Crippen LogP contribution in [0.15, 0.2) is 29.6 Å². The highest BCUT2D eigenvalue weighted by molar-refractivity contribution is 7.09. The van der Waals surface area contributed by atoms with Crippen molar-refractivity contribution >= 4 is 17.0 Å². The van der Waals surface area contributed by atoms with Crippen molar-refractivity contribution in [1.82, 2.24) is 4.98 Å². The molecular formula is C13H15N3O2S. The lowest BCUT2D eigenvalue weighted by Crippen LogP contribution is -1.98. The molecule has 2 N–H and O–H groups in total. The van der Waals surface area contributed by atoms with E-state index in [9.17, 15) is 10.1 Å². The topological polar surface area (TPSA) is 82.0 Å². The fraction of sp³-hybridized carbons (Fsp3) is 0.308. The van der Waals surface area contributed by atoms with Gasteiger partial charge in [0.15, 0.2) is 0 Å². The summed E-state index contributed by atoms with van der Waals surface area (Å²) in [4.78, 5) is 15.1. The second-order valence-electron chi connectivity index (χ2n) is 4.15. The van der Waals surface area contributed by atoms with E-state index in [4.69, 9.17) is 5.73 Å². The van der Waals surface area contributed by atoms with Gasteiger partial charge in [-0.05, 0) is 31.9 Å². The van der Waals surface area contributed by atoms with E-state index >= 15 is 0 Å². The van der Waals surface area contributed by atoms with Gasteiger partial charge in [-0.25, -0.2) is 4.98 Å². The first-order chi connectivity index (χ1) is 9.22. The van der Waals surface area contributed by atoms with E-state index in [1.807, 2.05) is 5.38 Å². The summed E-state index contributed by atoms with van der Waals surface area (Å²) in [5.41, 5.74) is 6.81. The summed E-state index contributed by atoms with van der Waals surface area (Å²) < 4.78 is 0. The Labute approximate surface area is 115 Å². The Morgan fingerprint density at radius 3 is 2.84 bits per heavy atom. The van der Waals surface area contributed by atoms with E-state index in [2.05, 4.69) is 4.98 Å². The molecule has 19 heavy (non-hydrogen) atoms. The Balaban J connectivity index is 2.21. The van der Waals surface area contributed by atoms with Gasteiger partial charge in [0.05, 0.1) is 21.2 Å². The number of nitrogens with two attached hydrogens (primary N) is 1. The summed E-state index contributed by atoms with van der Waals surface area (Å²) in [7, 11) is 0. The Morgan fingerprint density at radius 1 is 1.32 bits per heavy atom. The lowest BCUT2D eigenvalue weighted by atomic mass is 10.1. The minimum absolute atomic E-state index is 0.0984. The molecule has 0 saturated heterocycles. The normalized spacial score (nSPS) is 10.6. The fourth-order valence-corrected chi connectivity index (χ4v) is 2.66. The van der Waals surface area contributed by atoms with Gasteiger partial charge in [0, 0.05) is 11.4 Å². The fourth-order valence-electron chi connectivity index (χ4n) is 1.82. The number of nitro benzene ring substituents is 1. The Hall–Kier alpha value is -1.79. The summed E-state index contributed by atoms with van der Waals surface area (Å²) in [6.07, 6.45) is 2.85. The van der Waals surface area contributed by atoms with E-state index in [1.165, 1.54) is 6.07 Å². The van der Waals surface area contributed by atoms with Gasteiger partial charge in [0.2, 0.25) is 0 Å². The molecule has 6 heteroatoms. The molecule has 0 aliphatic heterocycles. The maximum Gasteiger partial charge on any atom is 0.278 e. The van der Waals surface area contributed by atoms with Crippen LogP contribution in [0.1, 0.15) is 17.8 Å². The number of nitrogens with zero attached hydrogens (tertiary/aromatic N) is 2. The highest BCUT2D eigenvalue weighted by Gasteiger charge is 2.16. The van der Waals surface area contributed by atoms with Gasteiger partial charge in [0.1, 0.15) is 0 Å².